The third-order valence-corrected chi connectivity index (χ3v) is 6.26. The summed E-state index contributed by atoms with van der Waals surface area (Å²) in [7, 11) is 0. The lowest BCUT2D eigenvalue weighted by atomic mass is 9.87. The minimum Gasteiger partial charge on any atom is -0.462 e. The van der Waals surface area contributed by atoms with Crippen LogP contribution in [0.25, 0.3) is 0 Å². The summed E-state index contributed by atoms with van der Waals surface area (Å²) >= 11 is 0. The van der Waals surface area contributed by atoms with Crippen molar-refractivity contribution in [1.29, 1.82) is 0 Å². The summed E-state index contributed by atoms with van der Waals surface area (Å²) in [6, 6.07) is 16.2. The molecule has 2 bridgehead atoms. The minimum atomic E-state index is -0.705. The van der Waals surface area contributed by atoms with Crippen molar-refractivity contribution in [2.24, 2.45) is 5.92 Å². The second-order valence-electron chi connectivity index (χ2n) is 8.87. The van der Waals surface area contributed by atoms with Crippen LogP contribution < -0.4 is 0 Å². The van der Waals surface area contributed by atoms with Crippen LogP contribution in [0.1, 0.15) is 61.9 Å². The lowest BCUT2D eigenvalue weighted by Gasteiger charge is -2.34. The highest BCUT2D eigenvalue weighted by Crippen LogP contribution is 2.52. The van der Waals surface area contributed by atoms with Crippen LogP contribution in [0.4, 0.5) is 0 Å². The fraction of sp³-hybridized carbons (Fsp3) is 0.385. The summed E-state index contributed by atoms with van der Waals surface area (Å²) in [6.45, 7) is 7.97. The minimum absolute atomic E-state index is 0.0222. The van der Waals surface area contributed by atoms with Gasteiger partial charge in [-0.05, 0) is 41.5 Å². The molecule has 2 aliphatic heterocycles. The van der Waals surface area contributed by atoms with Gasteiger partial charge in [0.05, 0.1) is 12.0 Å². The van der Waals surface area contributed by atoms with Crippen LogP contribution in [0.5, 0.6) is 0 Å². The molecule has 156 valence electrons. The zero-order valence-corrected chi connectivity index (χ0v) is 18.1. The molecule has 1 amide bonds. The first-order valence-electron chi connectivity index (χ1n) is 10.7. The first kappa shape index (κ1) is 20.4. The van der Waals surface area contributed by atoms with Crippen molar-refractivity contribution in [3.8, 4) is 0 Å². The molecule has 3 atom stereocenters. The third kappa shape index (κ3) is 3.34. The van der Waals surface area contributed by atoms with E-state index in [9.17, 15) is 9.59 Å². The van der Waals surface area contributed by atoms with Crippen LogP contribution in [-0.2, 0) is 26.3 Å². The van der Waals surface area contributed by atoms with E-state index in [0.29, 0.717) is 5.92 Å². The van der Waals surface area contributed by atoms with E-state index >= 15 is 0 Å². The van der Waals surface area contributed by atoms with Gasteiger partial charge < -0.3 is 9.64 Å². The average molecular weight is 404 g/mol. The molecular formula is C26H29NO3. The Morgan fingerprint density at radius 2 is 1.77 bits per heavy atom. The average Bonchev–Trinajstić information content (AvgIpc) is 3.24. The molecule has 0 radical (unpaired) electrons. The molecule has 2 aromatic rings. The van der Waals surface area contributed by atoms with E-state index in [-0.39, 0.29) is 30.4 Å². The van der Waals surface area contributed by atoms with E-state index < -0.39 is 5.54 Å². The number of rotatable bonds is 6. The first-order valence-corrected chi connectivity index (χ1v) is 10.7. The number of esters is 1. The van der Waals surface area contributed by atoms with Crippen molar-refractivity contribution in [2.75, 3.05) is 6.61 Å². The van der Waals surface area contributed by atoms with Crippen molar-refractivity contribution >= 4 is 11.9 Å². The first-order chi connectivity index (χ1) is 14.3. The van der Waals surface area contributed by atoms with E-state index in [4.69, 9.17) is 4.74 Å². The Morgan fingerprint density at radius 3 is 2.43 bits per heavy atom. The lowest BCUT2D eigenvalue weighted by molar-refractivity contribution is -0.151. The fourth-order valence-electron chi connectivity index (χ4n) is 4.80. The number of fused-ring (bicyclic) bond motifs is 5. The van der Waals surface area contributed by atoms with Gasteiger partial charge in [0.2, 0.25) is 5.91 Å². The molecular weight excluding hydrogens is 374 g/mol. The third-order valence-electron chi connectivity index (χ3n) is 6.26. The predicted molar refractivity (Wildman–Crippen MR) is 117 cm³/mol. The predicted octanol–water partition coefficient (Wildman–Crippen LogP) is 4.90. The molecule has 2 heterocycles. The van der Waals surface area contributed by atoms with Gasteiger partial charge in [0.25, 0.3) is 0 Å². The molecule has 2 aliphatic rings. The summed E-state index contributed by atoms with van der Waals surface area (Å²) in [5.74, 6) is -0.0610. The van der Waals surface area contributed by atoms with Gasteiger partial charge in [0.15, 0.2) is 0 Å². The Bertz CT molecular complexity index is 992. The van der Waals surface area contributed by atoms with Crippen LogP contribution in [0, 0.1) is 5.92 Å². The zero-order chi connectivity index (χ0) is 21.5. The molecule has 4 rings (SSSR count). The van der Waals surface area contributed by atoms with E-state index in [1.165, 1.54) is 5.56 Å². The van der Waals surface area contributed by atoms with Gasteiger partial charge in [-0.15, -0.1) is 0 Å². The summed E-state index contributed by atoms with van der Waals surface area (Å²) in [6.07, 6.45) is 5.07. The highest BCUT2D eigenvalue weighted by atomic mass is 16.5. The smallest absolute Gasteiger partial charge is 0.313 e. The number of nitrogens with zero attached hydrogens (tertiary/aromatic N) is 1. The summed E-state index contributed by atoms with van der Waals surface area (Å²) in [5, 5.41) is 0. The Labute approximate surface area is 178 Å². The van der Waals surface area contributed by atoms with Crippen molar-refractivity contribution < 1.29 is 14.3 Å². The van der Waals surface area contributed by atoms with Crippen LogP contribution in [0.3, 0.4) is 0 Å². The summed E-state index contributed by atoms with van der Waals surface area (Å²) in [5.41, 5.74) is 3.67. The molecule has 0 saturated carbocycles. The van der Waals surface area contributed by atoms with E-state index in [2.05, 4.69) is 26.0 Å². The number of hydrogen-bond acceptors (Lipinski definition) is 3. The maximum absolute atomic E-state index is 12.9. The maximum Gasteiger partial charge on any atom is 0.313 e. The quantitative estimate of drug-likeness (QED) is 0.509. The number of carbonyl (C=O) groups is 2. The van der Waals surface area contributed by atoms with Crippen LogP contribution >= 0.6 is 0 Å². The maximum atomic E-state index is 12.9. The van der Waals surface area contributed by atoms with Crippen molar-refractivity contribution in [1.82, 2.24) is 4.90 Å². The monoisotopic (exact) mass is 403 g/mol. The molecule has 0 fully saturated rings. The van der Waals surface area contributed by atoms with Crippen molar-refractivity contribution in [3.63, 3.8) is 0 Å². The largest absolute Gasteiger partial charge is 0.462 e. The molecule has 30 heavy (non-hydrogen) atoms. The Kier molecular flexibility index (Phi) is 5.27. The van der Waals surface area contributed by atoms with Crippen LogP contribution in [0.2, 0.25) is 0 Å². The van der Waals surface area contributed by atoms with Gasteiger partial charge in [-0.1, -0.05) is 74.5 Å². The molecule has 4 nitrogen and oxygen atoms in total. The van der Waals surface area contributed by atoms with Crippen LogP contribution in [0.15, 0.2) is 60.7 Å². The summed E-state index contributed by atoms with van der Waals surface area (Å²) < 4.78 is 5.81. The second-order valence-corrected chi connectivity index (χ2v) is 8.87. The van der Waals surface area contributed by atoms with Crippen LogP contribution in [-0.4, -0.2) is 23.4 Å². The SMILES string of the molecule is CC(=O)N1C2C=CC1(COC(=O)C(C)c1ccc(CC(C)C)cc1)c1ccccc12. The number of ether oxygens (including phenoxy) is 1. The fourth-order valence-corrected chi connectivity index (χ4v) is 4.80. The van der Waals surface area contributed by atoms with Gasteiger partial charge in [-0.25, -0.2) is 0 Å². The van der Waals surface area contributed by atoms with E-state index in [1.807, 2.05) is 60.4 Å². The van der Waals surface area contributed by atoms with E-state index in [0.717, 1.165) is 23.1 Å². The Morgan fingerprint density at radius 1 is 1.07 bits per heavy atom. The lowest BCUT2D eigenvalue weighted by Crippen LogP contribution is -2.44. The molecule has 0 aliphatic carbocycles. The normalized spacial score (nSPS) is 22.3. The molecule has 0 aromatic heterocycles. The highest BCUT2D eigenvalue weighted by Gasteiger charge is 2.54. The number of benzene rings is 2. The van der Waals surface area contributed by atoms with Crippen molar-refractivity contribution in [3.05, 3.63) is 82.9 Å². The zero-order valence-electron chi connectivity index (χ0n) is 18.1. The number of hydrogen-bond donors (Lipinski definition) is 0. The standard InChI is InChI=1S/C26H29NO3/c1-17(2)15-20-9-11-21(12-10-20)18(3)25(29)30-16-26-14-13-24(27(26)19(4)28)22-7-5-6-8-23(22)26/h5-14,17-18,24H,15-16H2,1-4H3. The molecule has 3 unspecified atom stereocenters. The Hall–Kier alpha value is -2.88. The molecule has 0 N–H and O–H groups in total. The van der Waals surface area contributed by atoms with Gasteiger partial charge in [0.1, 0.15) is 12.1 Å². The van der Waals surface area contributed by atoms with Crippen molar-refractivity contribution in [2.45, 2.75) is 51.6 Å². The molecule has 0 saturated heterocycles. The second kappa shape index (κ2) is 7.75. The van der Waals surface area contributed by atoms with Gasteiger partial charge >= 0.3 is 5.97 Å². The van der Waals surface area contributed by atoms with Gasteiger partial charge in [0, 0.05) is 6.92 Å². The molecule has 4 heteroatoms. The molecule has 0 spiro atoms. The summed E-state index contributed by atoms with van der Waals surface area (Å²) in [4.78, 5) is 27.1. The highest BCUT2D eigenvalue weighted by molar-refractivity contribution is 5.80. The topological polar surface area (TPSA) is 46.6 Å². The Balaban J connectivity index is 1.50. The number of carbonyl (C=O) groups excluding carboxylic acids is 2. The van der Waals surface area contributed by atoms with E-state index in [1.54, 1.807) is 6.92 Å². The molecule has 2 aromatic carbocycles. The number of amides is 1. The van der Waals surface area contributed by atoms with Gasteiger partial charge in [-0.3, -0.25) is 9.59 Å². The van der Waals surface area contributed by atoms with Gasteiger partial charge in [-0.2, -0.15) is 0 Å².